The molecule has 8 rings (SSSR count). The normalized spacial score (nSPS) is 11.1. The van der Waals surface area contributed by atoms with E-state index in [-0.39, 0.29) is 0 Å². The first-order valence-electron chi connectivity index (χ1n) is 15.7. The third kappa shape index (κ3) is 5.36. The summed E-state index contributed by atoms with van der Waals surface area (Å²) in [7, 11) is 0. The molecule has 4 heteroatoms. The van der Waals surface area contributed by atoms with Crippen LogP contribution in [0.1, 0.15) is 5.56 Å². The Bertz CT molecular complexity index is 2320. The first-order chi connectivity index (χ1) is 23.3. The summed E-state index contributed by atoms with van der Waals surface area (Å²) >= 11 is 0. The molecule has 0 atom stereocenters. The maximum atomic E-state index is 4.94. The van der Waals surface area contributed by atoms with E-state index < -0.39 is 0 Å². The number of aliphatic imine (C=N–C) groups is 1. The highest BCUT2D eigenvalue weighted by Crippen LogP contribution is 2.42. The number of nitrogens with zero attached hydrogens (tertiary/aromatic N) is 4. The molecule has 0 aliphatic heterocycles. The highest BCUT2D eigenvalue weighted by Gasteiger charge is 2.17. The molecule has 0 radical (unpaired) electrons. The molecule has 0 bridgehead atoms. The maximum Gasteiger partial charge on any atom is 0.164 e. The van der Waals surface area contributed by atoms with Crippen LogP contribution in [-0.4, -0.2) is 21.7 Å². The SMILES string of the molecule is C=NCc1ccc(-c2ccc3ccccc3c2-c2ccc(-c3nc(-c4ccccc4)nc(-c4ccccc4)n3)cc2)c2ccccc12. The van der Waals surface area contributed by atoms with Crippen LogP contribution >= 0.6 is 0 Å². The largest absolute Gasteiger partial charge is 0.296 e. The quantitative estimate of drug-likeness (QED) is 0.171. The zero-order valence-corrected chi connectivity index (χ0v) is 25.7. The van der Waals surface area contributed by atoms with Crippen molar-refractivity contribution in [2.75, 3.05) is 0 Å². The third-order valence-corrected chi connectivity index (χ3v) is 8.65. The molecule has 7 aromatic carbocycles. The lowest BCUT2D eigenvalue weighted by atomic mass is 9.87. The maximum absolute atomic E-state index is 4.94. The fraction of sp³-hybridized carbons (Fsp3) is 0.0233. The molecule has 0 aliphatic carbocycles. The van der Waals surface area contributed by atoms with Crippen molar-refractivity contribution in [1.29, 1.82) is 0 Å². The van der Waals surface area contributed by atoms with Crippen LogP contribution in [0.25, 0.3) is 78.0 Å². The summed E-state index contributed by atoms with van der Waals surface area (Å²) in [5, 5.41) is 4.81. The Morgan fingerprint density at radius 3 is 1.51 bits per heavy atom. The van der Waals surface area contributed by atoms with Gasteiger partial charge in [-0.3, -0.25) is 4.99 Å². The van der Waals surface area contributed by atoms with Gasteiger partial charge in [-0.1, -0.05) is 158 Å². The number of hydrogen-bond donors (Lipinski definition) is 0. The molecule has 0 amide bonds. The van der Waals surface area contributed by atoms with E-state index >= 15 is 0 Å². The second-order valence-electron chi connectivity index (χ2n) is 11.5. The van der Waals surface area contributed by atoms with Gasteiger partial charge in [-0.15, -0.1) is 0 Å². The third-order valence-electron chi connectivity index (χ3n) is 8.65. The molecule has 0 saturated carbocycles. The predicted octanol–water partition coefficient (Wildman–Crippen LogP) is 10.7. The van der Waals surface area contributed by atoms with E-state index in [1.165, 1.54) is 43.8 Å². The Morgan fingerprint density at radius 2 is 0.894 bits per heavy atom. The molecule has 4 nitrogen and oxygen atoms in total. The predicted molar refractivity (Wildman–Crippen MR) is 195 cm³/mol. The van der Waals surface area contributed by atoms with Crippen molar-refractivity contribution in [2.24, 2.45) is 4.99 Å². The molecule has 47 heavy (non-hydrogen) atoms. The van der Waals surface area contributed by atoms with E-state index in [4.69, 9.17) is 15.0 Å². The van der Waals surface area contributed by atoms with Crippen LogP contribution in [0.3, 0.4) is 0 Å². The molecule has 0 aliphatic rings. The van der Waals surface area contributed by atoms with Gasteiger partial charge in [0.1, 0.15) is 0 Å². The Hall–Kier alpha value is -6.26. The topological polar surface area (TPSA) is 51.0 Å². The van der Waals surface area contributed by atoms with E-state index in [0.29, 0.717) is 24.0 Å². The van der Waals surface area contributed by atoms with Gasteiger partial charge >= 0.3 is 0 Å². The lowest BCUT2D eigenvalue weighted by Gasteiger charge is -2.17. The Morgan fingerprint density at radius 1 is 0.404 bits per heavy atom. The first kappa shape index (κ1) is 28.2. The molecular weight excluding hydrogens is 573 g/mol. The van der Waals surface area contributed by atoms with Crippen molar-refractivity contribution in [1.82, 2.24) is 15.0 Å². The summed E-state index contributed by atoms with van der Waals surface area (Å²) in [5.74, 6) is 1.94. The number of aromatic nitrogens is 3. The van der Waals surface area contributed by atoms with E-state index in [1.54, 1.807) is 0 Å². The first-order valence-corrected chi connectivity index (χ1v) is 15.7. The summed E-state index contributed by atoms with van der Waals surface area (Å²) in [6, 6.07) is 54.8. The van der Waals surface area contributed by atoms with Crippen molar-refractivity contribution in [2.45, 2.75) is 6.54 Å². The van der Waals surface area contributed by atoms with Crippen molar-refractivity contribution >= 4 is 28.3 Å². The number of hydrogen-bond acceptors (Lipinski definition) is 4. The van der Waals surface area contributed by atoms with Crippen LogP contribution in [0.5, 0.6) is 0 Å². The van der Waals surface area contributed by atoms with Gasteiger partial charge in [0, 0.05) is 16.7 Å². The highest BCUT2D eigenvalue weighted by atomic mass is 15.0. The van der Waals surface area contributed by atoms with Crippen LogP contribution in [0.15, 0.2) is 163 Å². The highest BCUT2D eigenvalue weighted by molar-refractivity contribution is 6.09. The summed E-state index contributed by atoms with van der Waals surface area (Å²) in [6.07, 6.45) is 0. The van der Waals surface area contributed by atoms with Crippen molar-refractivity contribution in [3.8, 4) is 56.4 Å². The Balaban J connectivity index is 1.29. The fourth-order valence-corrected chi connectivity index (χ4v) is 6.39. The van der Waals surface area contributed by atoms with Crippen molar-refractivity contribution in [3.63, 3.8) is 0 Å². The van der Waals surface area contributed by atoms with Gasteiger partial charge in [0.25, 0.3) is 0 Å². The van der Waals surface area contributed by atoms with Crippen LogP contribution in [0.4, 0.5) is 0 Å². The molecule has 0 unspecified atom stereocenters. The standard InChI is InChI=1S/C43H30N4/c1-44-28-34-25-26-38(37-19-11-10-17-35(34)37)39-27-24-29-12-8-9-18-36(29)40(39)30-20-22-33(23-21-30)43-46-41(31-13-4-2-5-14-31)45-42(47-43)32-15-6-3-7-16-32/h2-27H,1,28H2. The molecule has 1 aromatic heterocycles. The minimum absolute atomic E-state index is 0.585. The summed E-state index contributed by atoms with van der Waals surface area (Å²) in [5.41, 5.74) is 8.70. The summed E-state index contributed by atoms with van der Waals surface area (Å²) in [4.78, 5) is 18.9. The van der Waals surface area contributed by atoms with Gasteiger partial charge in [-0.2, -0.15) is 0 Å². The van der Waals surface area contributed by atoms with Crippen LogP contribution in [0, 0.1) is 0 Å². The van der Waals surface area contributed by atoms with Crippen LogP contribution < -0.4 is 0 Å². The lowest BCUT2D eigenvalue weighted by Crippen LogP contribution is -2.00. The smallest absolute Gasteiger partial charge is 0.164 e. The van der Waals surface area contributed by atoms with Gasteiger partial charge < -0.3 is 0 Å². The van der Waals surface area contributed by atoms with Gasteiger partial charge in [0.15, 0.2) is 17.5 Å². The molecule has 0 saturated heterocycles. The van der Waals surface area contributed by atoms with E-state index in [9.17, 15) is 0 Å². The molecule has 0 spiro atoms. The average Bonchev–Trinajstić information content (AvgIpc) is 3.15. The van der Waals surface area contributed by atoms with Crippen LogP contribution in [-0.2, 0) is 6.54 Å². The second-order valence-corrected chi connectivity index (χ2v) is 11.5. The average molecular weight is 603 g/mol. The van der Waals surface area contributed by atoms with Gasteiger partial charge in [0.2, 0.25) is 0 Å². The Labute approximate surface area is 273 Å². The molecule has 222 valence electrons. The van der Waals surface area contributed by atoms with E-state index in [1.807, 2.05) is 60.7 Å². The summed E-state index contributed by atoms with van der Waals surface area (Å²) in [6.45, 7) is 4.32. The van der Waals surface area contributed by atoms with E-state index in [2.05, 4.69) is 109 Å². The molecule has 0 fully saturated rings. The molecule has 8 aromatic rings. The monoisotopic (exact) mass is 602 g/mol. The van der Waals surface area contributed by atoms with Gasteiger partial charge in [-0.05, 0) is 56.1 Å². The minimum atomic E-state index is 0.585. The lowest BCUT2D eigenvalue weighted by molar-refractivity contribution is 1.07. The van der Waals surface area contributed by atoms with Crippen molar-refractivity contribution < 1.29 is 0 Å². The molecule has 0 N–H and O–H groups in total. The molecule has 1 heterocycles. The van der Waals surface area contributed by atoms with Crippen molar-refractivity contribution in [3.05, 3.63) is 163 Å². The fourth-order valence-electron chi connectivity index (χ4n) is 6.39. The Kier molecular flexibility index (Phi) is 7.37. The summed E-state index contributed by atoms with van der Waals surface area (Å²) < 4.78 is 0. The zero-order chi connectivity index (χ0) is 31.6. The van der Waals surface area contributed by atoms with Crippen LogP contribution in [0.2, 0.25) is 0 Å². The second kappa shape index (κ2) is 12.3. The number of rotatable bonds is 7. The molecular formula is C43H30N4. The minimum Gasteiger partial charge on any atom is -0.296 e. The number of fused-ring (bicyclic) bond motifs is 2. The van der Waals surface area contributed by atoms with Gasteiger partial charge in [0.05, 0.1) is 6.54 Å². The zero-order valence-electron chi connectivity index (χ0n) is 25.7. The van der Waals surface area contributed by atoms with Gasteiger partial charge in [-0.25, -0.2) is 15.0 Å². The number of benzene rings is 7. The van der Waals surface area contributed by atoms with E-state index in [0.717, 1.165) is 22.3 Å².